The van der Waals surface area contributed by atoms with E-state index in [4.69, 9.17) is 0 Å². The average Bonchev–Trinajstić information content (AvgIpc) is 2.15. The van der Waals surface area contributed by atoms with Crippen LogP contribution in [-0.2, 0) is 16.5 Å². The van der Waals surface area contributed by atoms with Crippen molar-refractivity contribution >= 4 is 0 Å². The molecule has 106 valence electrons. The minimum absolute atomic E-state index is 0. The first kappa shape index (κ1) is 17.5. The zero-order chi connectivity index (χ0) is 11.3. The summed E-state index contributed by atoms with van der Waals surface area (Å²) in [5.74, 6) is 0. The van der Waals surface area contributed by atoms with E-state index in [1.807, 2.05) is 0 Å². The van der Waals surface area contributed by atoms with Gasteiger partial charge in [-0.3, -0.25) is 0 Å². The van der Waals surface area contributed by atoms with Crippen LogP contribution in [0.15, 0.2) is 0 Å². The summed E-state index contributed by atoms with van der Waals surface area (Å²) in [4.78, 5) is 0. The van der Waals surface area contributed by atoms with Crippen molar-refractivity contribution < 1.29 is 16.5 Å². The minimum Gasteiger partial charge on any atom is -0.0533 e. The van der Waals surface area contributed by atoms with Gasteiger partial charge in [0, 0.05) is 16.5 Å². The van der Waals surface area contributed by atoms with Gasteiger partial charge in [0.1, 0.15) is 0 Å². The Hall–Kier alpha value is 0.494. The minimum atomic E-state index is 0. The first-order valence-electron chi connectivity index (χ1n) is 8.00. The van der Waals surface area contributed by atoms with Crippen molar-refractivity contribution in [3.63, 3.8) is 0 Å². The molecule has 0 saturated heterocycles. The van der Waals surface area contributed by atoms with Gasteiger partial charge in [-0.05, 0) is 0 Å². The van der Waals surface area contributed by atoms with Gasteiger partial charge in [-0.15, -0.1) is 0 Å². The smallest absolute Gasteiger partial charge is 0 e. The topological polar surface area (TPSA) is 0 Å². The Balaban J connectivity index is 0.000000284. The normalized spacial score (nSPS) is 22.6. The van der Waals surface area contributed by atoms with Gasteiger partial charge in [0.2, 0.25) is 0 Å². The molecule has 2 rings (SSSR count). The third kappa shape index (κ3) is 12.7. The fourth-order valence-electron chi connectivity index (χ4n) is 2.83. The molecule has 0 radical (unpaired) electrons. The number of hydrogen-bond donors (Lipinski definition) is 0. The molecule has 0 unspecified atom stereocenters. The molecule has 0 aromatic heterocycles. The molecular formula is C16H32Ni. The van der Waals surface area contributed by atoms with Gasteiger partial charge >= 0.3 is 0 Å². The number of hydrogen-bond acceptors (Lipinski definition) is 0. The molecule has 2 aliphatic rings. The third-order valence-electron chi connectivity index (χ3n) is 4.00. The molecule has 0 N–H and O–H groups in total. The molecule has 0 amide bonds. The molecule has 0 aromatic rings. The zero-order valence-corrected chi connectivity index (χ0v) is 12.6. The maximum atomic E-state index is 1.50. The van der Waals surface area contributed by atoms with Gasteiger partial charge < -0.3 is 0 Å². The van der Waals surface area contributed by atoms with Crippen LogP contribution in [0, 0.1) is 0 Å². The van der Waals surface area contributed by atoms with Crippen LogP contribution < -0.4 is 0 Å². The molecule has 2 aliphatic carbocycles. The molecule has 0 bridgehead atoms. The summed E-state index contributed by atoms with van der Waals surface area (Å²) in [7, 11) is 0. The van der Waals surface area contributed by atoms with Crippen LogP contribution in [0.1, 0.15) is 103 Å². The Bertz CT molecular complexity index is 69.5. The van der Waals surface area contributed by atoms with Gasteiger partial charge in [-0.1, -0.05) is 103 Å². The van der Waals surface area contributed by atoms with Crippen LogP contribution in [-0.4, -0.2) is 0 Å². The van der Waals surface area contributed by atoms with E-state index >= 15 is 0 Å². The van der Waals surface area contributed by atoms with E-state index in [1.165, 1.54) is 103 Å². The second kappa shape index (κ2) is 14.6. The van der Waals surface area contributed by atoms with Gasteiger partial charge in [0.15, 0.2) is 0 Å². The first-order valence-corrected chi connectivity index (χ1v) is 8.00. The van der Waals surface area contributed by atoms with Crippen LogP contribution in [0.25, 0.3) is 0 Å². The third-order valence-corrected chi connectivity index (χ3v) is 4.00. The number of rotatable bonds is 0. The second-order valence-electron chi connectivity index (χ2n) is 5.66. The van der Waals surface area contributed by atoms with Crippen LogP contribution in [0.2, 0.25) is 0 Å². The van der Waals surface area contributed by atoms with Crippen molar-refractivity contribution in [3.8, 4) is 0 Å². The Morgan fingerprint density at radius 3 is 0.294 bits per heavy atom. The van der Waals surface area contributed by atoms with Gasteiger partial charge in [-0.25, -0.2) is 0 Å². The molecule has 2 saturated carbocycles. The fourth-order valence-corrected chi connectivity index (χ4v) is 2.83. The Morgan fingerprint density at radius 1 is 0.176 bits per heavy atom. The predicted octanol–water partition coefficient (Wildman–Crippen LogP) is 6.24. The van der Waals surface area contributed by atoms with Gasteiger partial charge in [0.05, 0.1) is 0 Å². The monoisotopic (exact) mass is 282 g/mol. The summed E-state index contributed by atoms with van der Waals surface area (Å²) in [6, 6.07) is 0. The quantitative estimate of drug-likeness (QED) is 0.461. The van der Waals surface area contributed by atoms with Crippen molar-refractivity contribution in [2.24, 2.45) is 0 Å². The van der Waals surface area contributed by atoms with E-state index in [0.717, 1.165) is 0 Å². The van der Waals surface area contributed by atoms with E-state index in [2.05, 4.69) is 0 Å². The first-order chi connectivity index (χ1) is 8.00. The Labute approximate surface area is 119 Å². The van der Waals surface area contributed by atoms with E-state index in [1.54, 1.807) is 0 Å². The summed E-state index contributed by atoms with van der Waals surface area (Å²) in [6.07, 6.45) is 24.0. The molecular weight excluding hydrogens is 251 g/mol. The molecule has 17 heavy (non-hydrogen) atoms. The van der Waals surface area contributed by atoms with Crippen LogP contribution in [0.3, 0.4) is 0 Å². The fraction of sp³-hybridized carbons (Fsp3) is 1.00. The van der Waals surface area contributed by atoms with Crippen LogP contribution in [0.4, 0.5) is 0 Å². The van der Waals surface area contributed by atoms with Crippen LogP contribution in [0.5, 0.6) is 0 Å². The molecule has 0 nitrogen and oxygen atoms in total. The van der Waals surface area contributed by atoms with Crippen molar-refractivity contribution in [3.05, 3.63) is 0 Å². The summed E-state index contributed by atoms with van der Waals surface area (Å²) in [6.45, 7) is 0. The standard InChI is InChI=1S/2C8H16.Ni/c2*1-2-4-6-8-7-5-3-1;/h2*1-8H2;. The predicted molar refractivity (Wildman–Crippen MR) is 73.9 cm³/mol. The Morgan fingerprint density at radius 2 is 0.235 bits per heavy atom. The molecule has 0 aliphatic heterocycles. The average molecular weight is 283 g/mol. The molecule has 2 fully saturated rings. The summed E-state index contributed by atoms with van der Waals surface area (Å²) < 4.78 is 0. The molecule has 0 heterocycles. The van der Waals surface area contributed by atoms with E-state index in [-0.39, 0.29) is 16.5 Å². The zero-order valence-electron chi connectivity index (χ0n) is 11.6. The maximum Gasteiger partial charge on any atom is 0 e. The molecule has 0 spiro atoms. The van der Waals surface area contributed by atoms with Gasteiger partial charge in [-0.2, -0.15) is 0 Å². The maximum absolute atomic E-state index is 1.50. The molecule has 0 atom stereocenters. The van der Waals surface area contributed by atoms with Crippen molar-refractivity contribution in [2.45, 2.75) is 103 Å². The van der Waals surface area contributed by atoms with Crippen molar-refractivity contribution in [1.82, 2.24) is 0 Å². The van der Waals surface area contributed by atoms with Crippen molar-refractivity contribution in [2.75, 3.05) is 0 Å². The van der Waals surface area contributed by atoms with Crippen molar-refractivity contribution in [1.29, 1.82) is 0 Å². The molecule has 1 heteroatoms. The van der Waals surface area contributed by atoms with E-state index in [0.29, 0.717) is 0 Å². The largest absolute Gasteiger partial charge is 0.0533 e. The summed E-state index contributed by atoms with van der Waals surface area (Å²) in [5, 5.41) is 0. The van der Waals surface area contributed by atoms with E-state index in [9.17, 15) is 0 Å². The summed E-state index contributed by atoms with van der Waals surface area (Å²) in [5.41, 5.74) is 0. The Kier molecular flexibility index (Phi) is 15.0. The van der Waals surface area contributed by atoms with Crippen LogP contribution >= 0.6 is 0 Å². The molecule has 0 aromatic carbocycles. The summed E-state index contributed by atoms with van der Waals surface area (Å²) >= 11 is 0. The van der Waals surface area contributed by atoms with Gasteiger partial charge in [0.25, 0.3) is 0 Å². The van der Waals surface area contributed by atoms with E-state index < -0.39 is 0 Å². The second-order valence-corrected chi connectivity index (χ2v) is 5.66. The SMILES string of the molecule is C1CCCCCCC1.C1CCCCCCC1.[Ni].